The number of anilines is 3. The van der Waals surface area contributed by atoms with Gasteiger partial charge in [-0.2, -0.15) is 0 Å². The molecule has 22 heavy (non-hydrogen) atoms. The standard InChI is InChI=1S/C15H16N6O/c16-13-7-10(14(17)15(19-13)20-18)6-11-8-12(21-22-11)9-4-2-1-3-5-9/h1-5,7-8H,6,17-18H2,(H3,16,19,20). The highest BCUT2D eigenvalue weighted by Gasteiger charge is 2.12. The van der Waals surface area contributed by atoms with E-state index in [0.29, 0.717) is 29.5 Å². The lowest BCUT2D eigenvalue weighted by molar-refractivity contribution is 0.392. The molecule has 112 valence electrons. The molecule has 0 spiro atoms. The maximum Gasteiger partial charge on any atom is 0.165 e. The van der Waals surface area contributed by atoms with Crippen LogP contribution in [0.2, 0.25) is 0 Å². The summed E-state index contributed by atoms with van der Waals surface area (Å²) < 4.78 is 5.37. The molecule has 3 aromatic rings. The molecular weight excluding hydrogens is 280 g/mol. The van der Waals surface area contributed by atoms with Gasteiger partial charge in [0.1, 0.15) is 17.3 Å². The fraction of sp³-hybridized carbons (Fsp3) is 0.0667. The Morgan fingerprint density at radius 1 is 1.09 bits per heavy atom. The topological polar surface area (TPSA) is 129 Å². The smallest absolute Gasteiger partial charge is 0.165 e. The monoisotopic (exact) mass is 296 g/mol. The maximum absolute atomic E-state index is 6.01. The summed E-state index contributed by atoms with van der Waals surface area (Å²) in [5.74, 6) is 6.74. The third-order valence-electron chi connectivity index (χ3n) is 3.29. The zero-order chi connectivity index (χ0) is 15.5. The molecule has 0 bridgehead atoms. The van der Waals surface area contributed by atoms with Gasteiger partial charge in [-0.05, 0) is 11.6 Å². The van der Waals surface area contributed by atoms with E-state index in [-0.39, 0.29) is 0 Å². The zero-order valence-corrected chi connectivity index (χ0v) is 11.8. The Labute approximate surface area is 127 Å². The first-order valence-electron chi connectivity index (χ1n) is 6.70. The molecular formula is C15H16N6O. The molecule has 0 aliphatic heterocycles. The van der Waals surface area contributed by atoms with Crippen molar-refractivity contribution in [2.75, 3.05) is 16.9 Å². The molecule has 2 heterocycles. The van der Waals surface area contributed by atoms with Crippen molar-refractivity contribution < 1.29 is 4.52 Å². The quantitative estimate of drug-likeness (QED) is 0.426. The molecule has 0 radical (unpaired) electrons. The normalized spacial score (nSPS) is 10.6. The van der Waals surface area contributed by atoms with Crippen molar-refractivity contribution >= 4 is 17.3 Å². The number of nitrogen functional groups attached to an aromatic ring is 3. The van der Waals surface area contributed by atoms with Crippen LogP contribution in [0, 0.1) is 0 Å². The van der Waals surface area contributed by atoms with Crippen molar-refractivity contribution in [3.8, 4) is 11.3 Å². The molecule has 0 fully saturated rings. The van der Waals surface area contributed by atoms with Crippen LogP contribution in [0.4, 0.5) is 17.3 Å². The van der Waals surface area contributed by atoms with E-state index in [1.807, 2.05) is 36.4 Å². The molecule has 0 aliphatic rings. The van der Waals surface area contributed by atoms with Crippen LogP contribution in [-0.2, 0) is 6.42 Å². The second kappa shape index (κ2) is 5.74. The van der Waals surface area contributed by atoms with Gasteiger partial charge in [0.2, 0.25) is 0 Å². The highest BCUT2D eigenvalue weighted by atomic mass is 16.5. The maximum atomic E-state index is 6.01. The Hall–Kier alpha value is -3.06. The number of nitrogens with two attached hydrogens (primary N) is 3. The number of pyridine rings is 1. The van der Waals surface area contributed by atoms with Crippen molar-refractivity contribution in [3.63, 3.8) is 0 Å². The summed E-state index contributed by atoms with van der Waals surface area (Å²) >= 11 is 0. The number of aromatic nitrogens is 2. The number of hydrogen-bond donors (Lipinski definition) is 4. The Morgan fingerprint density at radius 2 is 1.86 bits per heavy atom. The number of hydrogen-bond acceptors (Lipinski definition) is 7. The first-order chi connectivity index (χ1) is 10.7. The largest absolute Gasteiger partial charge is 0.395 e. The minimum atomic E-state index is 0.333. The highest BCUT2D eigenvalue weighted by molar-refractivity contribution is 5.69. The van der Waals surface area contributed by atoms with Gasteiger partial charge >= 0.3 is 0 Å². The Bertz CT molecular complexity index is 784. The van der Waals surface area contributed by atoms with Gasteiger partial charge in [-0.3, -0.25) is 0 Å². The minimum absolute atomic E-state index is 0.333. The molecule has 0 amide bonds. The van der Waals surface area contributed by atoms with E-state index in [1.54, 1.807) is 6.07 Å². The molecule has 1 aromatic carbocycles. The predicted octanol–water partition coefficient (Wildman–Crippen LogP) is 1.78. The van der Waals surface area contributed by atoms with Crippen molar-refractivity contribution in [2.24, 2.45) is 5.84 Å². The molecule has 0 aliphatic carbocycles. The van der Waals surface area contributed by atoms with Gasteiger partial charge in [0, 0.05) is 18.1 Å². The van der Waals surface area contributed by atoms with Crippen molar-refractivity contribution in [2.45, 2.75) is 6.42 Å². The van der Waals surface area contributed by atoms with E-state index in [9.17, 15) is 0 Å². The molecule has 3 rings (SSSR count). The van der Waals surface area contributed by atoms with Crippen LogP contribution in [-0.4, -0.2) is 10.1 Å². The SMILES string of the molecule is NNc1nc(N)cc(Cc2cc(-c3ccccc3)no2)c1N. The Balaban J connectivity index is 1.89. The fourth-order valence-corrected chi connectivity index (χ4v) is 2.22. The van der Waals surface area contributed by atoms with Crippen LogP contribution in [0.5, 0.6) is 0 Å². The third kappa shape index (κ3) is 2.70. The lowest BCUT2D eigenvalue weighted by Crippen LogP contribution is -2.13. The minimum Gasteiger partial charge on any atom is -0.395 e. The second-order valence-electron chi connectivity index (χ2n) is 4.83. The van der Waals surface area contributed by atoms with E-state index in [0.717, 1.165) is 16.8 Å². The first-order valence-corrected chi connectivity index (χ1v) is 6.70. The Morgan fingerprint density at radius 3 is 2.59 bits per heavy atom. The van der Waals surface area contributed by atoms with Gasteiger partial charge in [0.05, 0.1) is 5.69 Å². The first kappa shape index (κ1) is 13.9. The average Bonchev–Trinajstić information content (AvgIpc) is 3.00. The number of nitrogens with one attached hydrogen (secondary N) is 1. The fourth-order valence-electron chi connectivity index (χ4n) is 2.22. The van der Waals surface area contributed by atoms with Gasteiger partial charge in [-0.25, -0.2) is 10.8 Å². The van der Waals surface area contributed by atoms with Crippen molar-refractivity contribution in [1.82, 2.24) is 10.1 Å². The Kier molecular flexibility index (Phi) is 3.63. The summed E-state index contributed by atoms with van der Waals surface area (Å²) in [7, 11) is 0. The van der Waals surface area contributed by atoms with Gasteiger partial charge in [0.25, 0.3) is 0 Å². The summed E-state index contributed by atoms with van der Waals surface area (Å²) in [5.41, 5.74) is 17.2. The number of hydrazine groups is 1. The van der Waals surface area contributed by atoms with Gasteiger partial charge < -0.3 is 21.4 Å². The molecule has 0 saturated heterocycles. The van der Waals surface area contributed by atoms with Crippen LogP contribution in [0.3, 0.4) is 0 Å². The van der Waals surface area contributed by atoms with Crippen LogP contribution < -0.4 is 22.7 Å². The molecule has 7 heteroatoms. The summed E-state index contributed by atoms with van der Waals surface area (Å²) in [6, 6.07) is 13.4. The van der Waals surface area contributed by atoms with Crippen molar-refractivity contribution in [1.29, 1.82) is 0 Å². The van der Waals surface area contributed by atoms with E-state index in [4.69, 9.17) is 21.8 Å². The highest BCUT2D eigenvalue weighted by Crippen LogP contribution is 2.26. The lowest BCUT2D eigenvalue weighted by atomic mass is 10.1. The average molecular weight is 296 g/mol. The number of rotatable bonds is 4. The van der Waals surface area contributed by atoms with Gasteiger partial charge in [-0.15, -0.1) is 0 Å². The summed E-state index contributed by atoms with van der Waals surface area (Å²) in [6.45, 7) is 0. The van der Waals surface area contributed by atoms with Crippen LogP contribution in [0.15, 0.2) is 47.0 Å². The van der Waals surface area contributed by atoms with E-state index >= 15 is 0 Å². The summed E-state index contributed by atoms with van der Waals surface area (Å²) in [6.07, 6.45) is 0.451. The molecule has 7 N–H and O–H groups in total. The summed E-state index contributed by atoms with van der Waals surface area (Å²) in [5, 5.41) is 4.07. The van der Waals surface area contributed by atoms with E-state index in [2.05, 4.69) is 15.6 Å². The third-order valence-corrected chi connectivity index (χ3v) is 3.29. The van der Waals surface area contributed by atoms with Crippen LogP contribution in [0.1, 0.15) is 11.3 Å². The molecule has 0 unspecified atom stereocenters. The zero-order valence-electron chi connectivity index (χ0n) is 11.8. The number of nitrogens with zero attached hydrogens (tertiary/aromatic N) is 2. The van der Waals surface area contributed by atoms with E-state index < -0.39 is 0 Å². The number of benzene rings is 1. The van der Waals surface area contributed by atoms with E-state index in [1.165, 1.54) is 0 Å². The second-order valence-corrected chi connectivity index (χ2v) is 4.83. The van der Waals surface area contributed by atoms with Crippen LogP contribution >= 0.6 is 0 Å². The predicted molar refractivity (Wildman–Crippen MR) is 85.6 cm³/mol. The van der Waals surface area contributed by atoms with Crippen LogP contribution in [0.25, 0.3) is 11.3 Å². The molecule has 0 atom stereocenters. The lowest BCUT2D eigenvalue weighted by Gasteiger charge is -2.09. The van der Waals surface area contributed by atoms with Crippen molar-refractivity contribution in [3.05, 3.63) is 53.8 Å². The van der Waals surface area contributed by atoms with Gasteiger partial charge in [0.15, 0.2) is 5.82 Å². The summed E-state index contributed by atoms with van der Waals surface area (Å²) in [4.78, 5) is 4.02. The molecule has 0 saturated carbocycles. The molecule has 7 nitrogen and oxygen atoms in total. The van der Waals surface area contributed by atoms with Gasteiger partial charge in [-0.1, -0.05) is 35.5 Å². The molecule has 2 aromatic heterocycles.